The minimum Gasteiger partial charge on any atom is -0.486 e. The van der Waals surface area contributed by atoms with Crippen LogP contribution in [0.3, 0.4) is 0 Å². The molecule has 0 N–H and O–H groups in total. The summed E-state index contributed by atoms with van der Waals surface area (Å²) >= 11 is 5.08. The van der Waals surface area contributed by atoms with Gasteiger partial charge in [0, 0.05) is 4.88 Å². The van der Waals surface area contributed by atoms with Crippen molar-refractivity contribution in [2.45, 2.75) is 0 Å². The summed E-state index contributed by atoms with van der Waals surface area (Å²) < 4.78 is 6.22. The standard InChI is InChI=1S/C13H11BrOS/c1-15-13-12(14)9-11(16-13)8-7-10-5-3-2-4-6-10/h2-9H,1H3. The summed E-state index contributed by atoms with van der Waals surface area (Å²) in [6.07, 6.45) is 4.19. The van der Waals surface area contributed by atoms with Crippen LogP contribution in [0.25, 0.3) is 12.2 Å². The van der Waals surface area contributed by atoms with Crippen molar-refractivity contribution in [1.82, 2.24) is 0 Å². The number of halogens is 1. The maximum absolute atomic E-state index is 5.22. The first-order valence-corrected chi connectivity index (χ1v) is 6.47. The Morgan fingerprint density at radius 1 is 1.19 bits per heavy atom. The lowest BCUT2D eigenvalue weighted by molar-refractivity contribution is 0.425. The molecule has 1 aromatic heterocycles. The van der Waals surface area contributed by atoms with E-state index in [9.17, 15) is 0 Å². The first-order chi connectivity index (χ1) is 7.79. The first kappa shape index (κ1) is 11.4. The zero-order chi connectivity index (χ0) is 11.4. The molecule has 3 heteroatoms. The average molecular weight is 295 g/mol. The van der Waals surface area contributed by atoms with Gasteiger partial charge in [-0.15, -0.1) is 0 Å². The Morgan fingerprint density at radius 3 is 2.56 bits per heavy atom. The molecular formula is C13H11BrOS. The second-order valence-corrected chi connectivity index (χ2v) is 5.13. The lowest BCUT2D eigenvalue weighted by atomic mass is 10.2. The van der Waals surface area contributed by atoms with Crippen molar-refractivity contribution < 1.29 is 4.74 Å². The number of hydrogen-bond donors (Lipinski definition) is 0. The summed E-state index contributed by atoms with van der Waals surface area (Å²) in [6, 6.07) is 12.3. The molecule has 0 fully saturated rings. The molecule has 0 saturated carbocycles. The topological polar surface area (TPSA) is 9.23 Å². The lowest BCUT2D eigenvalue weighted by Crippen LogP contribution is -1.75. The highest BCUT2D eigenvalue weighted by atomic mass is 79.9. The van der Waals surface area contributed by atoms with Gasteiger partial charge in [-0.1, -0.05) is 47.7 Å². The molecule has 1 aromatic carbocycles. The fraction of sp³-hybridized carbons (Fsp3) is 0.0769. The van der Waals surface area contributed by atoms with Gasteiger partial charge in [-0.2, -0.15) is 0 Å². The van der Waals surface area contributed by atoms with Crippen molar-refractivity contribution in [3.8, 4) is 5.06 Å². The summed E-state index contributed by atoms with van der Waals surface area (Å²) in [5.74, 6) is 0. The second-order valence-electron chi connectivity index (χ2n) is 3.23. The molecule has 2 aromatic rings. The molecular weight excluding hydrogens is 284 g/mol. The van der Waals surface area contributed by atoms with Gasteiger partial charge in [0.15, 0.2) is 5.06 Å². The van der Waals surface area contributed by atoms with Gasteiger partial charge in [0.2, 0.25) is 0 Å². The summed E-state index contributed by atoms with van der Waals surface area (Å²) in [5.41, 5.74) is 1.20. The first-order valence-electron chi connectivity index (χ1n) is 4.86. The third-order valence-corrected chi connectivity index (χ3v) is 4.01. The van der Waals surface area contributed by atoms with Crippen molar-refractivity contribution in [3.63, 3.8) is 0 Å². The molecule has 0 atom stereocenters. The molecule has 0 aliphatic rings. The quantitative estimate of drug-likeness (QED) is 0.798. The molecule has 0 aliphatic heterocycles. The molecule has 82 valence electrons. The van der Waals surface area contributed by atoms with Gasteiger partial charge >= 0.3 is 0 Å². The Labute approximate surface area is 108 Å². The van der Waals surface area contributed by atoms with E-state index in [0.29, 0.717) is 0 Å². The predicted octanol–water partition coefficient (Wildman–Crippen LogP) is 4.69. The SMILES string of the molecule is COc1sc(C=Cc2ccccc2)cc1Br. The highest BCUT2D eigenvalue weighted by molar-refractivity contribution is 9.10. The Bertz CT molecular complexity index is 488. The molecule has 16 heavy (non-hydrogen) atoms. The number of thiophene rings is 1. The van der Waals surface area contributed by atoms with E-state index in [4.69, 9.17) is 4.74 Å². The zero-order valence-electron chi connectivity index (χ0n) is 8.81. The van der Waals surface area contributed by atoms with E-state index in [1.807, 2.05) is 18.2 Å². The van der Waals surface area contributed by atoms with Crippen molar-refractivity contribution in [2.24, 2.45) is 0 Å². The van der Waals surface area contributed by atoms with Gasteiger partial charge in [-0.25, -0.2) is 0 Å². The normalized spacial score (nSPS) is 10.9. The van der Waals surface area contributed by atoms with Crippen LogP contribution < -0.4 is 4.74 Å². The minimum atomic E-state index is 0.910. The van der Waals surface area contributed by atoms with Gasteiger partial charge in [0.1, 0.15) is 0 Å². The van der Waals surface area contributed by atoms with E-state index in [-0.39, 0.29) is 0 Å². The van der Waals surface area contributed by atoms with Crippen LogP contribution in [-0.2, 0) is 0 Å². The van der Waals surface area contributed by atoms with Crippen LogP contribution in [0.15, 0.2) is 40.9 Å². The van der Waals surface area contributed by atoms with Crippen LogP contribution in [0.5, 0.6) is 5.06 Å². The minimum absolute atomic E-state index is 0.910. The predicted molar refractivity (Wildman–Crippen MR) is 73.9 cm³/mol. The van der Waals surface area contributed by atoms with E-state index in [2.05, 4.69) is 46.3 Å². The van der Waals surface area contributed by atoms with Crippen LogP contribution in [0.4, 0.5) is 0 Å². The average Bonchev–Trinajstić information content (AvgIpc) is 2.69. The zero-order valence-corrected chi connectivity index (χ0v) is 11.2. The van der Waals surface area contributed by atoms with Crippen LogP contribution in [0.1, 0.15) is 10.4 Å². The third-order valence-electron chi connectivity index (χ3n) is 2.10. The smallest absolute Gasteiger partial charge is 0.188 e. The van der Waals surface area contributed by atoms with Crippen molar-refractivity contribution in [3.05, 3.63) is 51.3 Å². The van der Waals surface area contributed by atoms with Gasteiger partial charge in [0.25, 0.3) is 0 Å². The fourth-order valence-corrected chi connectivity index (χ4v) is 2.90. The Kier molecular flexibility index (Phi) is 3.80. The number of methoxy groups -OCH3 is 1. The molecule has 0 unspecified atom stereocenters. The van der Waals surface area contributed by atoms with Crippen molar-refractivity contribution in [1.29, 1.82) is 0 Å². The summed E-state index contributed by atoms with van der Waals surface area (Å²) in [6.45, 7) is 0. The van der Waals surface area contributed by atoms with Crippen LogP contribution in [0, 0.1) is 0 Å². The van der Waals surface area contributed by atoms with Gasteiger partial charge in [0.05, 0.1) is 11.6 Å². The molecule has 1 heterocycles. The molecule has 0 aliphatic carbocycles. The van der Waals surface area contributed by atoms with Gasteiger partial charge in [-0.05, 0) is 33.6 Å². The van der Waals surface area contributed by atoms with Crippen molar-refractivity contribution >= 4 is 39.4 Å². The van der Waals surface area contributed by atoms with Gasteiger partial charge < -0.3 is 4.74 Å². The van der Waals surface area contributed by atoms with Crippen LogP contribution in [-0.4, -0.2) is 7.11 Å². The second kappa shape index (κ2) is 5.32. The monoisotopic (exact) mass is 294 g/mol. The summed E-state index contributed by atoms with van der Waals surface area (Å²) in [5, 5.41) is 0.910. The molecule has 0 amide bonds. The van der Waals surface area contributed by atoms with E-state index >= 15 is 0 Å². The highest BCUT2D eigenvalue weighted by Gasteiger charge is 2.03. The number of benzene rings is 1. The summed E-state index contributed by atoms with van der Waals surface area (Å²) in [7, 11) is 1.68. The van der Waals surface area contributed by atoms with E-state index in [1.165, 1.54) is 10.4 Å². The largest absolute Gasteiger partial charge is 0.486 e. The summed E-state index contributed by atoms with van der Waals surface area (Å²) in [4.78, 5) is 1.17. The lowest BCUT2D eigenvalue weighted by Gasteiger charge is -1.91. The van der Waals surface area contributed by atoms with Crippen molar-refractivity contribution in [2.75, 3.05) is 7.11 Å². The Morgan fingerprint density at radius 2 is 1.94 bits per heavy atom. The molecule has 0 radical (unpaired) electrons. The fourth-order valence-electron chi connectivity index (χ4n) is 1.33. The maximum Gasteiger partial charge on any atom is 0.188 e. The van der Waals surface area contributed by atoms with E-state index < -0.39 is 0 Å². The number of rotatable bonds is 3. The van der Waals surface area contributed by atoms with Crippen LogP contribution >= 0.6 is 27.3 Å². The van der Waals surface area contributed by atoms with E-state index in [0.717, 1.165) is 9.54 Å². The Hall–Kier alpha value is -1.06. The Balaban J connectivity index is 2.18. The number of hydrogen-bond acceptors (Lipinski definition) is 2. The molecule has 2 rings (SSSR count). The molecule has 0 spiro atoms. The van der Waals surface area contributed by atoms with E-state index in [1.54, 1.807) is 18.4 Å². The third kappa shape index (κ3) is 2.74. The van der Waals surface area contributed by atoms with Crippen LogP contribution in [0.2, 0.25) is 0 Å². The highest BCUT2D eigenvalue weighted by Crippen LogP contribution is 2.35. The molecule has 0 bridgehead atoms. The maximum atomic E-state index is 5.22. The van der Waals surface area contributed by atoms with Gasteiger partial charge in [-0.3, -0.25) is 0 Å². The molecule has 0 saturated heterocycles. The number of ether oxygens (including phenoxy) is 1. The molecule has 1 nitrogen and oxygen atoms in total.